The zero-order valence-electron chi connectivity index (χ0n) is 11.5. The van der Waals surface area contributed by atoms with Gasteiger partial charge in [-0.25, -0.2) is 0 Å². The Hall–Kier alpha value is -2.07. The highest BCUT2D eigenvalue weighted by molar-refractivity contribution is 5.92. The van der Waals surface area contributed by atoms with Crippen molar-refractivity contribution in [3.8, 4) is 11.8 Å². The number of allylic oxidation sites excluding steroid dienone is 2. The molecule has 0 aliphatic rings. The van der Waals surface area contributed by atoms with E-state index in [-0.39, 0.29) is 0 Å². The van der Waals surface area contributed by atoms with Crippen LogP contribution in [0.1, 0.15) is 30.5 Å². The molecule has 0 aromatic heterocycles. The van der Waals surface area contributed by atoms with Crippen LogP contribution in [-0.2, 0) is 0 Å². The number of hydrogen-bond donors (Lipinski definition) is 0. The lowest BCUT2D eigenvalue weighted by atomic mass is 10.1. The molecule has 1 aromatic rings. The summed E-state index contributed by atoms with van der Waals surface area (Å²) in [7, 11) is 0. The van der Waals surface area contributed by atoms with E-state index >= 15 is 0 Å². The van der Waals surface area contributed by atoms with E-state index in [4.69, 9.17) is 0 Å². The van der Waals surface area contributed by atoms with E-state index in [1.165, 1.54) is 11.1 Å². The van der Waals surface area contributed by atoms with Crippen molar-refractivity contribution in [3.05, 3.63) is 59.3 Å². The number of aryl methyl sites for hydroxylation is 2. The fourth-order valence-corrected chi connectivity index (χ4v) is 1.32. The summed E-state index contributed by atoms with van der Waals surface area (Å²) < 4.78 is 0. The van der Waals surface area contributed by atoms with E-state index in [0.717, 1.165) is 16.8 Å². The lowest BCUT2D eigenvalue weighted by Crippen LogP contribution is -1.84. The molecule has 0 radical (unpaired) electrons. The van der Waals surface area contributed by atoms with Crippen LogP contribution < -0.4 is 0 Å². The minimum atomic E-state index is 0.892. The number of aliphatic imine (C=N–C) groups is 1. The molecular weight excluding hydrogens is 218 g/mol. The summed E-state index contributed by atoms with van der Waals surface area (Å²) in [5.41, 5.74) is 5.34. The molecule has 0 atom stereocenters. The standard InChI is InChI=1S/C17H19N/c1-6-16(5)18-12-14(3)8-10-17-11-13(2)7-9-15(17)4/h6-7,9,11-12H,1H2,2-5H3/b14-12+,18-16?. The molecule has 0 saturated heterocycles. The highest BCUT2D eigenvalue weighted by atomic mass is 14.7. The number of nitrogens with zero attached hydrogens (tertiary/aromatic N) is 1. The highest BCUT2D eigenvalue weighted by Gasteiger charge is 1.93. The molecule has 0 aliphatic heterocycles. The van der Waals surface area contributed by atoms with Gasteiger partial charge >= 0.3 is 0 Å². The molecule has 0 spiro atoms. The maximum atomic E-state index is 4.23. The van der Waals surface area contributed by atoms with Crippen LogP contribution in [0.3, 0.4) is 0 Å². The second kappa shape index (κ2) is 6.61. The Labute approximate surface area is 110 Å². The predicted octanol–water partition coefficient (Wildman–Crippen LogP) is 4.21. The van der Waals surface area contributed by atoms with Gasteiger partial charge in [0.25, 0.3) is 0 Å². The third kappa shape index (κ3) is 4.43. The summed E-state index contributed by atoms with van der Waals surface area (Å²) in [5, 5.41) is 0. The normalized spacial score (nSPS) is 11.8. The van der Waals surface area contributed by atoms with Gasteiger partial charge in [-0.05, 0) is 51.0 Å². The van der Waals surface area contributed by atoms with Crippen molar-refractivity contribution in [2.75, 3.05) is 0 Å². The van der Waals surface area contributed by atoms with E-state index in [0.29, 0.717) is 0 Å². The number of rotatable bonds is 2. The van der Waals surface area contributed by atoms with Crippen molar-refractivity contribution in [1.29, 1.82) is 0 Å². The highest BCUT2D eigenvalue weighted by Crippen LogP contribution is 2.09. The number of hydrogen-bond acceptors (Lipinski definition) is 1. The largest absolute Gasteiger partial charge is 0.261 e. The lowest BCUT2D eigenvalue weighted by Gasteiger charge is -1.98. The predicted molar refractivity (Wildman–Crippen MR) is 79.9 cm³/mol. The average Bonchev–Trinajstić information content (AvgIpc) is 2.36. The Morgan fingerprint density at radius 3 is 2.67 bits per heavy atom. The first kappa shape index (κ1) is 14.0. The van der Waals surface area contributed by atoms with Gasteiger partial charge in [0.05, 0.1) is 0 Å². The third-order valence-corrected chi connectivity index (χ3v) is 2.54. The first-order valence-electron chi connectivity index (χ1n) is 5.96. The van der Waals surface area contributed by atoms with Crippen LogP contribution in [0.25, 0.3) is 0 Å². The van der Waals surface area contributed by atoms with Crippen molar-refractivity contribution in [2.45, 2.75) is 27.7 Å². The van der Waals surface area contributed by atoms with Crippen molar-refractivity contribution in [3.63, 3.8) is 0 Å². The van der Waals surface area contributed by atoms with Gasteiger partial charge in [-0.1, -0.05) is 30.6 Å². The van der Waals surface area contributed by atoms with Crippen LogP contribution in [-0.4, -0.2) is 5.71 Å². The molecule has 0 amide bonds. The molecule has 1 heteroatoms. The first-order chi connectivity index (χ1) is 8.52. The van der Waals surface area contributed by atoms with Crippen LogP contribution in [0.4, 0.5) is 0 Å². The van der Waals surface area contributed by atoms with Crippen molar-refractivity contribution < 1.29 is 0 Å². The minimum Gasteiger partial charge on any atom is -0.261 e. The summed E-state index contributed by atoms with van der Waals surface area (Å²) in [5.74, 6) is 6.30. The Kier molecular flexibility index (Phi) is 5.14. The SMILES string of the molecule is C=CC(C)=N/C=C(\C)C#Cc1cc(C)ccc1C. The molecule has 18 heavy (non-hydrogen) atoms. The molecule has 0 bridgehead atoms. The van der Waals surface area contributed by atoms with Crippen LogP contribution in [0.2, 0.25) is 0 Å². The molecule has 92 valence electrons. The molecule has 0 fully saturated rings. The van der Waals surface area contributed by atoms with E-state index < -0.39 is 0 Å². The summed E-state index contributed by atoms with van der Waals surface area (Å²) in [6.07, 6.45) is 3.50. The Morgan fingerprint density at radius 1 is 1.28 bits per heavy atom. The molecule has 1 aromatic carbocycles. The summed E-state index contributed by atoms with van der Waals surface area (Å²) in [4.78, 5) is 4.23. The van der Waals surface area contributed by atoms with E-state index in [1.807, 2.05) is 13.8 Å². The number of benzene rings is 1. The summed E-state index contributed by atoms with van der Waals surface area (Å²) in [6, 6.07) is 6.30. The van der Waals surface area contributed by atoms with Gasteiger partial charge in [0.15, 0.2) is 0 Å². The van der Waals surface area contributed by atoms with E-state index in [2.05, 4.69) is 55.5 Å². The topological polar surface area (TPSA) is 12.4 Å². The monoisotopic (exact) mass is 237 g/mol. The lowest BCUT2D eigenvalue weighted by molar-refractivity contribution is 1.37. The zero-order valence-corrected chi connectivity index (χ0v) is 11.5. The third-order valence-electron chi connectivity index (χ3n) is 2.54. The van der Waals surface area contributed by atoms with Gasteiger partial charge in [0.1, 0.15) is 0 Å². The van der Waals surface area contributed by atoms with E-state index in [1.54, 1.807) is 12.3 Å². The fraction of sp³-hybridized carbons (Fsp3) is 0.235. The van der Waals surface area contributed by atoms with Crippen molar-refractivity contribution >= 4 is 5.71 Å². The van der Waals surface area contributed by atoms with Gasteiger partial charge in [-0.15, -0.1) is 0 Å². The minimum absolute atomic E-state index is 0.892. The summed E-state index contributed by atoms with van der Waals surface area (Å²) in [6.45, 7) is 11.7. The maximum Gasteiger partial charge on any atom is 0.0383 e. The molecular formula is C17H19N. The summed E-state index contributed by atoms with van der Waals surface area (Å²) >= 11 is 0. The Balaban J connectivity index is 2.94. The second-order valence-corrected chi connectivity index (χ2v) is 4.36. The molecule has 0 N–H and O–H groups in total. The molecule has 1 nitrogen and oxygen atoms in total. The zero-order chi connectivity index (χ0) is 13.5. The average molecular weight is 237 g/mol. The Bertz CT molecular complexity index is 563. The molecule has 1 rings (SSSR count). The maximum absolute atomic E-state index is 4.23. The second-order valence-electron chi connectivity index (χ2n) is 4.36. The van der Waals surface area contributed by atoms with E-state index in [9.17, 15) is 0 Å². The van der Waals surface area contributed by atoms with Gasteiger partial charge in [-0.2, -0.15) is 0 Å². The molecule has 0 aliphatic carbocycles. The molecule has 0 saturated carbocycles. The first-order valence-corrected chi connectivity index (χ1v) is 5.96. The molecule has 0 heterocycles. The Morgan fingerprint density at radius 2 is 2.00 bits per heavy atom. The van der Waals surface area contributed by atoms with Crippen LogP contribution in [0.5, 0.6) is 0 Å². The van der Waals surface area contributed by atoms with Gasteiger partial charge in [-0.3, -0.25) is 4.99 Å². The van der Waals surface area contributed by atoms with Crippen molar-refractivity contribution in [1.82, 2.24) is 0 Å². The smallest absolute Gasteiger partial charge is 0.0383 e. The molecule has 0 unspecified atom stereocenters. The van der Waals surface area contributed by atoms with Crippen molar-refractivity contribution in [2.24, 2.45) is 4.99 Å². The van der Waals surface area contributed by atoms with Gasteiger partial charge < -0.3 is 0 Å². The van der Waals surface area contributed by atoms with Gasteiger partial charge in [0.2, 0.25) is 0 Å². The van der Waals surface area contributed by atoms with Crippen LogP contribution in [0, 0.1) is 25.7 Å². The van der Waals surface area contributed by atoms with Crippen LogP contribution in [0.15, 0.2) is 47.6 Å². The quantitative estimate of drug-likeness (QED) is 0.540. The van der Waals surface area contributed by atoms with Crippen LogP contribution >= 0.6 is 0 Å². The fourth-order valence-electron chi connectivity index (χ4n) is 1.32. The van der Waals surface area contributed by atoms with Gasteiger partial charge in [0, 0.05) is 23.0 Å².